The lowest BCUT2D eigenvalue weighted by molar-refractivity contribution is 0.463. The predicted molar refractivity (Wildman–Crippen MR) is 114 cm³/mol. The van der Waals surface area contributed by atoms with Crippen LogP contribution in [0.15, 0.2) is 46.8 Å². The van der Waals surface area contributed by atoms with Gasteiger partial charge in [-0.1, -0.05) is 24.3 Å². The molecular formula is C21H30N4S. The number of nitrogens with zero attached hydrogens (tertiary/aromatic N) is 2. The number of hydrogen-bond donors (Lipinski definition) is 2. The van der Waals surface area contributed by atoms with Crippen molar-refractivity contribution in [3.63, 3.8) is 0 Å². The van der Waals surface area contributed by atoms with Gasteiger partial charge in [0.15, 0.2) is 5.96 Å². The van der Waals surface area contributed by atoms with E-state index in [-0.39, 0.29) is 0 Å². The lowest BCUT2D eigenvalue weighted by atomic mass is 10.1. The van der Waals surface area contributed by atoms with Gasteiger partial charge in [0.1, 0.15) is 0 Å². The molecular weight excluding hydrogens is 340 g/mol. The van der Waals surface area contributed by atoms with E-state index in [1.807, 2.05) is 11.3 Å². The highest BCUT2D eigenvalue weighted by molar-refractivity contribution is 7.14. The van der Waals surface area contributed by atoms with Crippen molar-refractivity contribution in [1.82, 2.24) is 10.6 Å². The summed E-state index contributed by atoms with van der Waals surface area (Å²) in [6, 6.07) is 13.4. The third-order valence-corrected chi connectivity index (χ3v) is 5.84. The molecule has 2 aromatic rings. The van der Waals surface area contributed by atoms with Crippen LogP contribution >= 0.6 is 11.3 Å². The second kappa shape index (κ2) is 9.62. The molecule has 2 heterocycles. The highest BCUT2D eigenvalue weighted by Crippen LogP contribution is 2.24. The summed E-state index contributed by atoms with van der Waals surface area (Å²) in [6.07, 6.45) is 3.29. The van der Waals surface area contributed by atoms with Crippen molar-refractivity contribution < 1.29 is 0 Å². The zero-order valence-electron chi connectivity index (χ0n) is 15.9. The molecule has 0 amide bonds. The molecule has 140 valence electrons. The van der Waals surface area contributed by atoms with Crippen LogP contribution in [0.1, 0.15) is 30.9 Å². The summed E-state index contributed by atoms with van der Waals surface area (Å²) in [5, 5.41) is 10.6. The van der Waals surface area contributed by atoms with Crippen LogP contribution in [-0.2, 0) is 6.42 Å². The van der Waals surface area contributed by atoms with Crippen molar-refractivity contribution in [1.29, 1.82) is 0 Å². The van der Waals surface area contributed by atoms with Crippen LogP contribution in [0.4, 0.5) is 5.00 Å². The van der Waals surface area contributed by atoms with Gasteiger partial charge in [0, 0.05) is 32.2 Å². The summed E-state index contributed by atoms with van der Waals surface area (Å²) < 4.78 is 0. The van der Waals surface area contributed by atoms with Crippen LogP contribution in [0.3, 0.4) is 0 Å². The maximum Gasteiger partial charge on any atom is 0.191 e. The number of aryl methyl sites for hydroxylation is 1. The van der Waals surface area contributed by atoms with Gasteiger partial charge < -0.3 is 15.5 Å². The second-order valence-corrected chi connectivity index (χ2v) is 7.72. The van der Waals surface area contributed by atoms with E-state index in [0.29, 0.717) is 6.04 Å². The van der Waals surface area contributed by atoms with E-state index < -0.39 is 0 Å². The first kappa shape index (κ1) is 18.8. The van der Waals surface area contributed by atoms with Crippen LogP contribution in [0.25, 0.3) is 0 Å². The quantitative estimate of drug-likeness (QED) is 0.600. The Kier molecular flexibility index (Phi) is 6.95. The largest absolute Gasteiger partial charge is 0.363 e. The Labute approximate surface area is 161 Å². The smallest absolute Gasteiger partial charge is 0.191 e. The van der Waals surface area contributed by atoms with Gasteiger partial charge >= 0.3 is 0 Å². The Balaban J connectivity index is 1.49. The summed E-state index contributed by atoms with van der Waals surface area (Å²) in [5.41, 5.74) is 2.73. The van der Waals surface area contributed by atoms with Crippen LogP contribution in [0.2, 0.25) is 0 Å². The molecule has 26 heavy (non-hydrogen) atoms. The molecule has 4 nitrogen and oxygen atoms in total. The number of thiophene rings is 1. The first-order chi connectivity index (χ1) is 12.8. The summed E-state index contributed by atoms with van der Waals surface area (Å²) in [4.78, 5) is 7.29. The van der Waals surface area contributed by atoms with Gasteiger partial charge in [-0.2, -0.15) is 0 Å². The molecule has 0 atom stereocenters. The van der Waals surface area contributed by atoms with Gasteiger partial charge in [-0.15, -0.1) is 11.3 Å². The Morgan fingerprint density at radius 2 is 2.00 bits per heavy atom. The number of benzene rings is 1. The molecule has 0 aliphatic carbocycles. The fourth-order valence-corrected chi connectivity index (χ4v) is 4.17. The molecule has 0 spiro atoms. The fraction of sp³-hybridized carbons (Fsp3) is 0.476. The van der Waals surface area contributed by atoms with E-state index in [0.717, 1.165) is 51.4 Å². The molecule has 1 fully saturated rings. The SMILES string of the molecule is CCNC(=NCCc1ccccc1C)NC1CCN(c2cccs2)CC1. The van der Waals surface area contributed by atoms with E-state index >= 15 is 0 Å². The Bertz CT molecular complexity index is 688. The van der Waals surface area contributed by atoms with Crippen LogP contribution in [-0.4, -0.2) is 38.2 Å². The topological polar surface area (TPSA) is 39.7 Å². The van der Waals surface area contributed by atoms with Crippen molar-refractivity contribution in [2.75, 3.05) is 31.1 Å². The van der Waals surface area contributed by atoms with E-state index in [9.17, 15) is 0 Å². The highest BCUT2D eigenvalue weighted by atomic mass is 32.1. The molecule has 0 bridgehead atoms. The maximum atomic E-state index is 4.80. The molecule has 2 N–H and O–H groups in total. The zero-order chi connectivity index (χ0) is 18.2. The molecule has 0 unspecified atom stereocenters. The normalized spacial score (nSPS) is 15.9. The summed E-state index contributed by atoms with van der Waals surface area (Å²) in [7, 11) is 0. The van der Waals surface area contributed by atoms with Gasteiger partial charge in [0.2, 0.25) is 0 Å². The van der Waals surface area contributed by atoms with Crippen LogP contribution in [0.5, 0.6) is 0 Å². The first-order valence-corrected chi connectivity index (χ1v) is 10.5. The molecule has 1 saturated heterocycles. The Morgan fingerprint density at radius 3 is 2.69 bits per heavy atom. The van der Waals surface area contributed by atoms with Crippen LogP contribution in [0, 0.1) is 6.92 Å². The number of guanidine groups is 1. The summed E-state index contributed by atoms with van der Waals surface area (Å²) >= 11 is 1.83. The highest BCUT2D eigenvalue weighted by Gasteiger charge is 2.20. The molecule has 0 radical (unpaired) electrons. The monoisotopic (exact) mass is 370 g/mol. The molecule has 1 aliphatic rings. The van der Waals surface area contributed by atoms with Crippen molar-refractivity contribution in [3.8, 4) is 0 Å². The van der Waals surface area contributed by atoms with E-state index in [1.165, 1.54) is 16.1 Å². The third kappa shape index (κ3) is 5.24. The number of nitrogens with one attached hydrogen (secondary N) is 2. The van der Waals surface area contributed by atoms with Crippen molar-refractivity contribution >= 4 is 22.3 Å². The molecule has 0 saturated carbocycles. The number of hydrogen-bond acceptors (Lipinski definition) is 3. The zero-order valence-corrected chi connectivity index (χ0v) is 16.7. The average molecular weight is 371 g/mol. The maximum absolute atomic E-state index is 4.80. The minimum atomic E-state index is 0.502. The van der Waals surface area contributed by atoms with Crippen molar-refractivity contribution in [3.05, 3.63) is 52.9 Å². The average Bonchev–Trinajstić information content (AvgIpc) is 3.19. The van der Waals surface area contributed by atoms with E-state index in [1.54, 1.807) is 0 Å². The lowest BCUT2D eigenvalue weighted by Crippen LogP contribution is -2.48. The second-order valence-electron chi connectivity index (χ2n) is 6.79. The first-order valence-electron chi connectivity index (χ1n) is 9.64. The van der Waals surface area contributed by atoms with Crippen LogP contribution < -0.4 is 15.5 Å². The molecule has 1 aliphatic heterocycles. The molecule has 1 aromatic carbocycles. The van der Waals surface area contributed by atoms with Crippen molar-refractivity contribution in [2.45, 2.75) is 39.2 Å². The molecule has 5 heteroatoms. The Morgan fingerprint density at radius 1 is 1.19 bits per heavy atom. The summed E-state index contributed by atoms with van der Waals surface area (Å²) in [6.45, 7) is 8.22. The van der Waals surface area contributed by atoms with Gasteiger partial charge in [-0.25, -0.2) is 0 Å². The fourth-order valence-electron chi connectivity index (χ4n) is 3.39. The molecule has 3 rings (SSSR count). The van der Waals surface area contributed by atoms with Gasteiger partial charge in [0.25, 0.3) is 0 Å². The van der Waals surface area contributed by atoms with Gasteiger partial charge in [-0.3, -0.25) is 4.99 Å². The number of rotatable bonds is 6. The minimum absolute atomic E-state index is 0.502. The van der Waals surface area contributed by atoms with Gasteiger partial charge in [0.05, 0.1) is 5.00 Å². The summed E-state index contributed by atoms with van der Waals surface area (Å²) in [5.74, 6) is 0.954. The van der Waals surface area contributed by atoms with Crippen molar-refractivity contribution in [2.24, 2.45) is 4.99 Å². The number of aliphatic imine (C=N–C) groups is 1. The van der Waals surface area contributed by atoms with Gasteiger partial charge in [-0.05, 0) is 61.7 Å². The van der Waals surface area contributed by atoms with E-state index in [4.69, 9.17) is 4.99 Å². The predicted octanol–water partition coefficient (Wildman–Crippen LogP) is 3.82. The third-order valence-electron chi connectivity index (χ3n) is 4.91. The standard InChI is InChI=1S/C21H30N4S/c1-3-22-21(23-13-10-18-8-5-4-7-17(18)2)24-19-11-14-25(15-12-19)20-9-6-16-26-20/h4-9,16,19H,3,10-15H2,1-2H3,(H2,22,23,24). The van der Waals surface area contributed by atoms with E-state index in [2.05, 4.69) is 71.2 Å². The number of anilines is 1. The Hall–Kier alpha value is -2.01. The molecule has 1 aromatic heterocycles. The number of piperidine rings is 1. The minimum Gasteiger partial charge on any atom is -0.363 e. The lowest BCUT2D eigenvalue weighted by Gasteiger charge is -2.33.